The molecule has 0 radical (unpaired) electrons. The minimum atomic E-state index is 0.256. The topological polar surface area (TPSA) is 49.3 Å². The lowest BCUT2D eigenvalue weighted by atomic mass is 10.1. The highest BCUT2D eigenvalue weighted by atomic mass is 32.2. The maximum absolute atomic E-state index is 12.8. The van der Waals surface area contributed by atoms with E-state index >= 15 is 0 Å². The van der Waals surface area contributed by atoms with Gasteiger partial charge in [-0.15, -0.1) is 11.8 Å². The molecule has 4 rings (SSSR count). The normalized spacial score (nSPS) is 15.2. The molecular weight excluding hydrogens is 404 g/mol. The van der Waals surface area contributed by atoms with Crippen LogP contribution in [0.1, 0.15) is 29.5 Å². The Bertz CT molecular complexity index is 1040. The number of amides is 1. The average molecular weight is 435 g/mol. The molecule has 6 heteroatoms. The van der Waals surface area contributed by atoms with Crippen molar-refractivity contribution in [2.75, 3.05) is 31.9 Å². The van der Waals surface area contributed by atoms with Gasteiger partial charge in [-0.3, -0.25) is 14.7 Å². The first-order valence-corrected chi connectivity index (χ1v) is 12.0. The third-order valence-electron chi connectivity index (χ3n) is 5.81. The van der Waals surface area contributed by atoms with Gasteiger partial charge in [-0.1, -0.05) is 11.6 Å². The highest BCUT2D eigenvalue weighted by Crippen LogP contribution is 2.25. The SMILES string of the molecule is Cc1ccc2nc(SCCC(=O)N3CCCN(Cc4ccncc4)CC3)cc(C)c2c1. The summed E-state index contributed by atoms with van der Waals surface area (Å²) in [6.45, 7) is 8.77. The Hall–Kier alpha value is -2.44. The first-order chi connectivity index (χ1) is 15.1. The van der Waals surface area contributed by atoms with Crippen LogP contribution in [-0.4, -0.2) is 57.6 Å². The molecule has 0 spiro atoms. The van der Waals surface area contributed by atoms with Crippen molar-refractivity contribution in [2.45, 2.75) is 38.3 Å². The van der Waals surface area contributed by atoms with Crippen LogP contribution in [-0.2, 0) is 11.3 Å². The van der Waals surface area contributed by atoms with Gasteiger partial charge in [-0.25, -0.2) is 4.98 Å². The van der Waals surface area contributed by atoms with Gasteiger partial charge in [0, 0.05) is 62.7 Å². The van der Waals surface area contributed by atoms with Crippen molar-refractivity contribution in [3.8, 4) is 0 Å². The van der Waals surface area contributed by atoms with Crippen LogP contribution < -0.4 is 0 Å². The van der Waals surface area contributed by atoms with E-state index in [1.54, 1.807) is 11.8 Å². The molecule has 2 aromatic heterocycles. The quantitative estimate of drug-likeness (QED) is 0.536. The van der Waals surface area contributed by atoms with Crippen molar-refractivity contribution >= 4 is 28.6 Å². The Morgan fingerprint density at radius 1 is 1.03 bits per heavy atom. The molecular formula is C25H30N4OS. The lowest BCUT2D eigenvalue weighted by molar-refractivity contribution is -0.130. The van der Waals surface area contributed by atoms with Crippen molar-refractivity contribution < 1.29 is 4.79 Å². The van der Waals surface area contributed by atoms with Gasteiger partial charge >= 0.3 is 0 Å². The number of aryl methyl sites for hydroxylation is 2. The van der Waals surface area contributed by atoms with Crippen LogP contribution >= 0.6 is 11.8 Å². The Balaban J connectivity index is 1.27. The number of thioether (sulfide) groups is 1. The van der Waals surface area contributed by atoms with Crippen LogP contribution in [0.3, 0.4) is 0 Å². The zero-order valence-electron chi connectivity index (χ0n) is 18.4. The second kappa shape index (κ2) is 10.2. The molecule has 1 aliphatic rings. The lowest BCUT2D eigenvalue weighted by Crippen LogP contribution is -2.35. The smallest absolute Gasteiger partial charge is 0.223 e. The van der Waals surface area contributed by atoms with E-state index in [0.29, 0.717) is 6.42 Å². The minimum Gasteiger partial charge on any atom is -0.341 e. The number of rotatable bonds is 6. The van der Waals surface area contributed by atoms with Gasteiger partial charge in [-0.05, 0) is 61.7 Å². The molecule has 1 amide bonds. The van der Waals surface area contributed by atoms with Crippen LogP contribution in [0.25, 0.3) is 10.9 Å². The Kier molecular flexibility index (Phi) is 7.20. The summed E-state index contributed by atoms with van der Waals surface area (Å²) in [6, 6.07) is 12.6. The maximum atomic E-state index is 12.8. The molecule has 0 atom stereocenters. The fourth-order valence-corrected chi connectivity index (χ4v) is 4.99. The average Bonchev–Trinajstić information content (AvgIpc) is 3.01. The third-order valence-corrected chi connectivity index (χ3v) is 6.72. The number of hydrogen-bond donors (Lipinski definition) is 0. The van der Waals surface area contributed by atoms with Crippen molar-refractivity contribution in [2.24, 2.45) is 0 Å². The number of nitrogens with zero attached hydrogens (tertiary/aromatic N) is 4. The molecule has 3 heterocycles. The summed E-state index contributed by atoms with van der Waals surface area (Å²) in [6.07, 6.45) is 5.26. The summed E-state index contributed by atoms with van der Waals surface area (Å²) < 4.78 is 0. The second-order valence-electron chi connectivity index (χ2n) is 8.26. The Morgan fingerprint density at radius 2 is 1.87 bits per heavy atom. The number of benzene rings is 1. The summed E-state index contributed by atoms with van der Waals surface area (Å²) in [5.74, 6) is 1.02. The number of carbonyl (C=O) groups is 1. The van der Waals surface area contributed by atoms with Gasteiger partial charge in [0.2, 0.25) is 5.91 Å². The summed E-state index contributed by atoms with van der Waals surface area (Å²) in [4.78, 5) is 26.1. The molecule has 3 aromatic rings. The van der Waals surface area contributed by atoms with Crippen LogP contribution in [0.2, 0.25) is 0 Å². The van der Waals surface area contributed by atoms with E-state index in [-0.39, 0.29) is 5.91 Å². The molecule has 162 valence electrons. The zero-order chi connectivity index (χ0) is 21.6. The maximum Gasteiger partial charge on any atom is 0.223 e. The molecule has 0 aliphatic carbocycles. The van der Waals surface area contributed by atoms with Gasteiger partial charge < -0.3 is 4.90 Å². The number of pyridine rings is 2. The van der Waals surface area contributed by atoms with E-state index in [0.717, 1.165) is 55.4 Å². The van der Waals surface area contributed by atoms with Gasteiger partial charge in [0.25, 0.3) is 0 Å². The number of aromatic nitrogens is 2. The van der Waals surface area contributed by atoms with Crippen LogP contribution in [0, 0.1) is 13.8 Å². The predicted molar refractivity (Wildman–Crippen MR) is 127 cm³/mol. The van der Waals surface area contributed by atoms with Crippen molar-refractivity contribution in [3.05, 3.63) is 65.5 Å². The monoisotopic (exact) mass is 434 g/mol. The Morgan fingerprint density at radius 3 is 2.71 bits per heavy atom. The molecule has 1 fully saturated rings. The van der Waals surface area contributed by atoms with Gasteiger partial charge in [0.1, 0.15) is 0 Å². The van der Waals surface area contributed by atoms with E-state index in [2.05, 4.69) is 60.1 Å². The largest absolute Gasteiger partial charge is 0.341 e. The molecule has 1 aromatic carbocycles. The van der Waals surface area contributed by atoms with E-state index in [1.807, 2.05) is 17.3 Å². The van der Waals surface area contributed by atoms with Gasteiger partial charge in [0.15, 0.2) is 0 Å². The fraction of sp³-hybridized carbons (Fsp3) is 0.400. The van der Waals surface area contributed by atoms with Crippen LogP contribution in [0.4, 0.5) is 0 Å². The standard InChI is InChI=1S/C25H30N4OS/c1-19-4-5-23-22(16-19)20(2)17-24(27-23)31-15-8-25(30)29-12-3-11-28(13-14-29)18-21-6-9-26-10-7-21/h4-7,9-10,16-17H,3,8,11-15,18H2,1-2H3. The predicted octanol–water partition coefficient (Wildman–Crippen LogP) is 4.46. The molecule has 0 bridgehead atoms. The van der Waals surface area contributed by atoms with Crippen molar-refractivity contribution in [1.29, 1.82) is 0 Å². The number of fused-ring (bicyclic) bond motifs is 1. The molecule has 0 N–H and O–H groups in total. The molecule has 1 aliphatic heterocycles. The fourth-order valence-electron chi connectivity index (χ4n) is 4.08. The lowest BCUT2D eigenvalue weighted by Gasteiger charge is -2.22. The number of hydrogen-bond acceptors (Lipinski definition) is 5. The first-order valence-electron chi connectivity index (χ1n) is 11.0. The van der Waals surface area contributed by atoms with Crippen molar-refractivity contribution in [1.82, 2.24) is 19.8 Å². The summed E-state index contributed by atoms with van der Waals surface area (Å²) >= 11 is 1.68. The van der Waals surface area contributed by atoms with Gasteiger partial charge in [0.05, 0.1) is 10.5 Å². The second-order valence-corrected chi connectivity index (χ2v) is 9.38. The molecule has 1 saturated heterocycles. The molecule has 31 heavy (non-hydrogen) atoms. The summed E-state index contributed by atoms with van der Waals surface area (Å²) in [5.41, 5.74) is 4.80. The first kappa shape index (κ1) is 21.8. The number of carbonyl (C=O) groups excluding carboxylic acids is 1. The van der Waals surface area contributed by atoms with Gasteiger partial charge in [-0.2, -0.15) is 0 Å². The highest BCUT2D eigenvalue weighted by Gasteiger charge is 2.19. The van der Waals surface area contributed by atoms with E-state index in [4.69, 9.17) is 4.98 Å². The van der Waals surface area contributed by atoms with Crippen molar-refractivity contribution in [3.63, 3.8) is 0 Å². The van der Waals surface area contributed by atoms with Crippen LogP contribution in [0.15, 0.2) is 53.8 Å². The van der Waals surface area contributed by atoms with E-state index in [1.165, 1.54) is 22.1 Å². The Labute approximate surface area is 188 Å². The van der Waals surface area contributed by atoms with E-state index < -0.39 is 0 Å². The summed E-state index contributed by atoms with van der Waals surface area (Å²) in [7, 11) is 0. The highest BCUT2D eigenvalue weighted by molar-refractivity contribution is 7.99. The summed E-state index contributed by atoms with van der Waals surface area (Å²) in [5, 5.41) is 2.21. The third kappa shape index (κ3) is 5.83. The molecule has 0 saturated carbocycles. The van der Waals surface area contributed by atoms with Crippen LogP contribution in [0.5, 0.6) is 0 Å². The minimum absolute atomic E-state index is 0.256. The molecule has 5 nitrogen and oxygen atoms in total. The molecule has 0 unspecified atom stereocenters. The zero-order valence-corrected chi connectivity index (χ0v) is 19.2. The van der Waals surface area contributed by atoms with E-state index in [9.17, 15) is 4.79 Å².